The van der Waals surface area contributed by atoms with Crippen LogP contribution in [0.3, 0.4) is 0 Å². The third-order valence-corrected chi connectivity index (χ3v) is 5.19. The number of aromatic amines is 1. The molecule has 22 heavy (non-hydrogen) atoms. The summed E-state index contributed by atoms with van der Waals surface area (Å²) in [5.41, 5.74) is 3.67. The van der Waals surface area contributed by atoms with Gasteiger partial charge < -0.3 is 4.98 Å². The molecule has 0 spiro atoms. The van der Waals surface area contributed by atoms with Gasteiger partial charge in [0.05, 0.1) is 22.3 Å². The number of imidazole rings is 1. The largest absolute Gasteiger partial charge is 0.345 e. The third kappa shape index (κ3) is 3.03. The summed E-state index contributed by atoms with van der Waals surface area (Å²) < 4.78 is 27.2. The van der Waals surface area contributed by atoms with Crippen molar-refractivity contribution in [2.75, 3.05) is 6.54 Å². The number of aromatic nitrogens is 2. The molecule has 1 heterocycles. The van der Waals surface area contributed by atoms with Crippen LogP contribution in [-0.2, 0) is 16.4 Å². The number of hydrogen-bond acceptors (Lipinski definition) is 3. The molecule has 114 valence electrons. The van der Waals surface area contributed by atoms with Crippen LogP contribution >= 0.6 is 0 Å². The Bertz CT molecular complexity index is 900. The normalized spacial score (nSPS) is 11.9. The Balaban J connectivity index is 1.68. The lowest BCUT2D eigenvalue weighted by Crippen LogP contribution is -2.26. The molecule has 5 nitrogen and oxygen atoms in total. The maximum Gasteiger partial charge on any atom is 0.240 e. The van der Waals surface area contributed by atoms with E-state index < -0.39 is 10.0 Å². The quantitative estimate of drug-likeness (QED) is 0.759. The van der Waals surface area contributed by atoms with E-state index in [-0.39, 0.29) is 0 Å². The van der Waals surface area contributed by atoms with E-state index in [0.717, 1.165) is 22.2 Å². The van der Waals surface area contributed by atoms with Gasteiger partial charge in [-0.1, -0.05) is 24.3 Å². The van der Waals surface area contributed by atoms with E-state index >= 15 is 0 Å². The number of sulfonamides is 1. The minimum atomic E-state index is -3.46. The van der Waals surface area contributed by atoms with Gasteiger partial charge in [-0.05, 0) is 42.7 Å². The highest BCUT2D eigenvalue weighted by atomic mass is 32.2. The Labute approximate surface area is 129 Å². The lowest BCUT2D eigenvalue weighted by Gasteiger charge is -2.09. The molecule has 0 aliphatic rings. The molecule has 0 radical (unpaired) electrons. The number of benzene rings is 2. The van der Waals surface area contributed by atoms with Crippen LogP contribution in [0, 0.1) is 6.92 Å². The first-order valence-corrected chi connectivity index (χ1v) is 8.52. The Morgan fingerprint density at radius 2 is 2.00 bits per heavy atom. The van der Waals surface area contributed by atoms with Gasteiger partial charge in [0.1, 0.15) is 0 Å². The fraction of sp³-hybridized carbons (Fsp3) is 0.188. The highest BCUT2D eigenvalue weighted by Gasteiger charge is 2.15. The number of fused-ring (bicyclic) bond motifs is 1. The molecule has 6 heteroatoms. The molecule has 0 unspecified atom stereocenters. The van der Waals surface area contributed by atoms with Crippen molar-refractivity contribution in [3.05, 3.63) is 59.9 Å². The average Bonchev–Trinajstić information content (AvgIpc) is 2.95. The van der Waals surface area contributed by atoms with Crippen molar-refractivity contribution < 1.29 is 8.42 Å². The van der Waals surface area contributed by atoms with Crippen LogP contribution in [0.1, 0.15) is 11.1 Å². The standard InChI is InChI=1S/C16H17N3O2S/c1-12-4-2-3-5-16(12)22(20,21)19-9-8-13-6-7-14-15(10-13)18-11-17-14/h2-7,10-11,19H,8-9H2,1H3,(H,17,18). The van der Waals surface area contributed by atoms with Crippen molar-refractivity contribution >= 4 is 21.1 Å². The van der Waals surface area contributed by atoms with Crippen LogP contribution in [0.15, 0.2) is 53.7 Å². The second-order valence-corrected chi connectivity index (χ2v) is 6.90. The Kier molecular flexibility index (Phi) is 3.96. The summed E-state index contributed by atoms with van der Waals surface area (Å²) in [4.78, 5) is 7.54. The van der Waals surface area contributed by atoms with E-state index in [1.807, 2.05) is 24.3 Å². The van der Waals surface area contributed by atoms with Crippen molar-refractivity contribution in [3.8, 4) is 0 Å². The first kappa shape index (κ1) is 14.7. The summed E-state index contributed by atoms with van der Waals surface area (Å²) >= 11 is 0. The van der Waals surface area contributed by atoms with Gasteiger partial charge in [-0.15, -0.1) is 0 Å². The van der Waals surface area contributed by atoms with Gasteiger partial charge in [-0.25, -0.2) is 18.1 Å². The molecule has 2 N–H and O–H groups in total. The minimum absolute atomic E-state index is 0.332. The van der Waals surface area contributed by atoms with Gasteiger partial charge in [0.15, 0.2) is 0 Å². The summed E-state index contributed by atoms with van der Waals surface area (Å²) in [5, 5.41) is 0. The topological polar surface area (TPSA) is 74.8 Å². The van der Waals surface area contributed by atoms with Gasteiger partial charge in [0.25, 0.3) is 0 Å². The number of nitrogens with zero attached hydrogens (tertiary/aromatic N) is 1. The molecule has 3 rings (SSSR count). The van der Waals surface area contributed by atoms with Crippen LogP contribution in [0.5, 0.6) is 0 Å². The zero-order chi connectivity index (χ0) is 15.6. The zero-order valence-electron chi connectivity index (χ0n) is 12.2. The van der Waals surface area contributed by atoms with Crippen molar-refractivity contribution in [1.82, 2.24) is 14.7 Å². The molecule has 0 saturated heterocycles. The van der Waals surface area contributed by atoms with E-state index in [1.54, 1.807) is 31.5 Å². The lowest BCUT2D eigenvalue weighted by molar-refractivity contribution is 0.581. The lowest BCUT2D eigenvalue weighted by atomic mass is 10.1. The molecule has 0 aliphatic carbocycles. The molecular formula is C16H17N3O2S. The summed E-state index contributed by atoms with van der Waals surface area (Å²) in [6.45, 7) is 2.15. The fourth-order valence-corrected chi connectivity index (χ4v) is 3.68. The highest BCUT2D eigenvalue weighted by Crippen LogP contribution is 2.14. The summed E-state index contributed by atoms with van der Waals surface area (Å²) in [6, 6.07) is 12.9. The molecule has 0 aliphatic heterocycles. The molecule has 2 aromatic carbocycles. The molecular weight excluding hydrogens is 298 g/mol. The molecule has 0 amide bonds. The van der Waals surface area contributed by atoms with E-state index in [1.165, 1.54) is 0 Å². The molecule has 0 atom stereocenters. The van der Waals surface area contributed by atoms with Gasteiger partial charge in [-0.2, -0.15) is 0 Å². The Morgan fingerprint density at radius 1 is 1.18 bits per heavy atom. The predicted molar refractivity (Wildman–Crippen MR) is 86.2 cm³/mol. The van der Waals surface area contributed by atoms with E-state index in [4.69, 9.17) is 0 Å². The molecule has 0 bridgehead atoms. The molecule has 0 saturated carbocycles. The van der Waals surface area contributed by atoms with Crippen molar-refractivity contribution in [1.29, 1.82) is 0 Å². The number of hydrogen-bond donors (Lipinski definition) is 2. The Hall–Kier alpha value is -2.18. The summed E-state index contributed by atoms with van der Waals surface area (Å²) in [6.07, 6.45) is 2.27. The molecule has 3 aromatic rings. The summed E-state index contributed by atoms with van der Waals surface area (Å²) in [5.74, 6) is 0. The van der Waals surface area contributed by atoms with Crippen LogP contribution in [0.25, 0.3) is 11.0 Å². The van der Waals surface area contributed by atoms with Crippen molar-refractivity contribution in [2.45, 2.75) is 18.2 Å². The van der Waals surface area contributed by atoms with E-state index in [2.05, 4.69) is 14.7 Å². The molecule has 1 aromatic heterocycles. The van der Waals surface area contributed by atoms with Crippen LogP contribution in [-0.4, -0.2) is 24.9 Å². The van der Waals surface area contributed by atoms with E-state index in [0.29, 0.717) is 17.9 Å². The maximum atomic E-state index is 12.3. The zero-order valence-corrected chi connectivity index (χ0v) is 13.0. The number of nitrogens with one attached hydrogen (secondary N) is 2. The van der Waals surface area contributed by atoms with Crippen LogP contribution < -0.4 is 4.72 Å². The summed E-state index contributed by atoms with van der Waals surface area (Å²) in [7, 11) is -3.46. The predicted octanol–water partition coefficient (Wildman–Crippen LogP) is 2.39. The number of aryl methyl sites for hydroxylation is 1. The second kappa shape index (κ2) is 5.90. The number of H-pyrrole nitrogens is 1. The van der Waals surface area contributed by atoms with Crippen LogP contribution in [0.4, 0.5) is 0 Å². The van der Waals surface area contributed by atoms with Gasteiger partial charge >= 0.3 is 0 Å². The van der Waals surface area contributed by atoms with Gasteiger partial charge in [-0.3, -0.25) is 0 Å². The third-order valence-electron chi connectivity index (χ3n) is 3.57. The van der Waals surface area contributed by atoms with Crippen molar-refractivity contribution in [3.63, 3.8) is 0 Å². The smallest absolute Gasteiger partial charge is 0.240 e. The van der Waals surface area contributed by atoms with Crippen LogP contribution in [0.2, 0.25) is 0 Å². The van der Waals surface area contributed by atoms with Crippen molar-refractivity contribution in [2.24, 2.45) is 0 Å². The monoisotopic (exact) mass is 315 g/mol. The maximum absolute atomic E-state index is 12.3. The first-order valence-electron chi connectivity index (χ1n) is 7.03. The van der Waals surface area contributed by atoms with E-state index in [9.17, 15) is 8.42 Å². The highest BCUT2D eigenvalue weighted by molar-refractivity contribution is 7.89. The second-order valence-electron chi connectivity index (χ2n) is 5.17. The number of rotatable bonds is 5. The molecule has 0 fully saturated rings. The average molecular weight is 315 g/mol. The SMILES string of the molecule is Cc1ccccc1S(=O)(=O)NCCc1ccc2nc[nH]c2c1. The van der Waals surface area contributed by atoms with Gasteiger partial charge in [0.2, 0.25) is 10.0 Å². The fourth-order valence-electron chi connectivity index (χ4n) is 2.40. The first-order chi connectivity index (χ1) is 10.6. The Morgan fingerprint density at radius 3 is 2.82 bits per heavy atom. The van der Waals surface area contributed by atoms with Gasteiger partial charge in [0, 0.05) is 6.54 Å². The minimum Gasteiger partial charge on any atom is -0.345 e.